The van der Waals surface area contributed by atoms with Gasteiger partial charge in [-0.3, -0.25) is 4.79 Å². The molecule has 66 valence electrons. The van der Waals surface area contributed by atoms with Crippen LogP contribution in [0.25, 0.3) is 10.1 Å². The van der Waals surface area contributed by atoms with Gasteiger partial charge in [-0.2, -0.15) is 0 Å². The van der Waals surface area contributed by atoms with Crippen LogP contribution in [0.5, 0.6) is 0 Å². The fourth-order valence-corrected chi connectivity index (χ4v) is 2.90. The minimum Gasteiger partial charge on any atom is -0.398 e. The summed E-state index contributed by atoms with van der Waals surface area (Å²) in [5.74, 6) is 0. The smallest absolute Gasteiger partial charge is 0.160 e. The number of halogens is 1. The van der Waals surface area contributed by atoms with Gasteiger partial charge >= 0.3 is 0 Å². The van der Waals surface area contributed by atoms with Crippen molar-refractivity contribution in [3.05, 3.63) is 26.6 Å². The van der Waals surface area contributed by atoms with Crippen molar-refractivity contribution in [2.24, 2.45) is 0 Å². The Morgan fingerprint density at radius 2 is 2.23 bits per heavy atom. The summed E-state index contributed by atoms with van der Waals surface area (Å²) in [5.41, 5.74) is 6.53. The largest absolute Gasteiger partial charge is 0.398 e. The van der Waals surface area contributed by atoms with Gasteiger partial charge in [0, 0.05) is 14.6 Å². The van der Waals surface area contributed by atoms with E-state index in [4.69, 9.17) is 5.73 Å². The maximum absolute atomic E-state index is 10.6. The minimum atomic E-state index is 0.728. The monoisotopic (exact) mass is 303 g/mol. The molecular formula is C9H6INOS. The molecule has 0 aliphatic heterocycles. The summed E-state index contributed by atoms with van der Waals surface area (Å²) in [7, 11) is 0. The fraction of sp³-hybridized carbons (Fsp3) is 0. The maximum Gasteiger partial charge on any atom is 0.160 e. The first-order valence-electron chi connectivity index (χ1n) is 3.65. The van der Waals surface area contributed by atoms with Gasteiger partial charge in [-0.25, -0.2) is 0 Å². The lowest BCUT2D eigenvalue weighted by atomic mass is 10.2. The van der Waals surface area contributed by atoms with Gasteiger partial charge in [-0.1, -0.05) is 0 Å². The number of rotatable bonds is 1. The maximum atomic E-state index is 10.6. The van der Waals surface area contributed by atoms with Crippen molar-refractivity contribution >= 4 is 56.0 Å². The molecule has 4 heteroatoms. The molecule has 13 heavy (non-hydrogen) atoms. The molecule has 1 aromatic heterocycles. The van der Waals surface area contributed by atoms with E-state index in [9.17, 15) is 4.79 Å². The van der Waals surface area contributed by atoms with Crippen molar-refractivity contribution in [3.8, 4) is 0 Å². The average molecular weight is 303 g/mol. The second-order valence-corrected chi connectivity index (χ2v) is 4.89. The molecule has 0 aliphatic carbocycles. The van der Waals surface area contributed by atoms with E-state index in [0.29, 0.717) is 0 Å². The number of hydrogen-bond donors (Lipinski definition) is 1. The second-order valence-electron chi connectivity index (χ2n) is 2.65. The van der Waals surface area contributed by atoms with Crippen LogP contribution < -0.4 is 5.73 Å². The predicted octanol–water partition coefficient (Wildman–Crippen LogP) is 2.90. The highest BCUT2D eigenvalue weighted by Crippen LogP contribution is 2.32. The van der Waals surface area contributed by atoms with Crippen molar-refractivity contribution in [2.45, 2.75) is 0 Å². The Bertz CT molecular complexity index is 439. The van der Waals surface area contributed by atoms with Crippen LogP contribution in [-0.4, -0.2) is 6.29 Å². The number of benzene rings is 1. The van der Waals surface area contributed by atoms with Crippen molar-refractivity contribution in [1.82, 2.24) is 0 Å². The number of thiophene rings is 1. The Labute approximate surface area is 92.9 Å². The van der Waals surface area contributed by atoms with E-state index < -0.39 is 0 Å². The van der Waals surface area contributed by atoms with E-state index in [1.807, 2.05) is 18.2 Å². The molecular weight excluding hydrogens is 297 g/mol. The molecule has 0 radical (unpaired) electrons. The van der Waals surface area contributed by atoms with E-state index in [1.165, 1.54) is 11.3 Å². The molecule has 0 spiro atoms. The molecule has 1 aromatic carbocycles. The molecule has 0 saturated heterocycles. The predicted molar refractivity (Wildman–Crippen MR) is 64.3 cm³/mol. The van der Waals surface area contributed by atoms with Crippen LogP contribution in [0.4, 0.5) is 5.69 Å². The summed E-state index contributed by atoms with van der Waals surface area (Å²) < 4.78 is 2.14. The Balaban J connectivity index is 2.87. The minimum absolute atomic E-state index is 0.728. The standard InChI is InChI=1S/C9H6INOS/c10-7-1-2-8(11)9-6(7)3-5(4-12)13-9/h1-4H,11H2. The van der Waals surface area contributed by atoms with E-state index in [-0.39, 0.29) is 0 Å². The molecule has 0 amide bonds. The van der Waals surface area contributed by atoms with Crippen LogP contribution in [0.1, 0.15) is 9.67 Å². The Hall–Kier alpha value is -0.620. The quantitative estimate of drug-likeness (QED) is 0.500. The lowest BCUT2D eigenvalue weighted by Crippen LogP contribution is -1.84. The van der Waals surface area contributed by atoms with Crippen LogP contribution in [0.15, 0.2) is 18.2 Å². The van der Waals surface area contributed by atoms with Crippen LogP contribution >= 0.6 is 33.9 Å². The zero-order chi connectivity index (χ0) is 9.42. The SMILES string of the molecule is Nc1ccc(I)c2cc(C=O)sc12. The molecule has 2 nitrogen and oxygen atoms in total. The van der Waals surface area contributed by atoms with Crippen molar-refractivity contribution < 1.29 is 4.79 Å². The number of nitrogen functional groups attached to an aromatic ring is 1. The Kier molecular flexibility index (Phi) is 2.25. The highest BCUT2D eigenvalue weighted by atomic mass is 127. The van der Waals surface area contributed by atoms with Gasteiger partial charge in [0.15, 0.2) is 6.29 Å². The fourth-order valence-electron chi connectivity index (χ4n) is 1.19. The number of anilines is 1. The molecule has 0 fully saturated rings. The zero-order valence-electron chi connectivity index (χ0n) is 6.58. The Morgan fingerprint density at radius 1 is 1.46 bits per heavy atom. The molecule has 1 heterocycles. The lowest BCUT2D eigenvalue weighted by Gasteiger charge is -1.96. The van der Waals surface area contributed by atoms with Gasteiger partial charge < -0.3 is 5.73 Å². The van der Waals surface area contributed by atoms with Gasteiger partial charge in [-0.05, 0) is 40.8 Å². The second kappa shape index (κ2) is 3.26. The summed E-state index contributed by atoms with van der Waals surface area (Å²) >= 11 is 3.68. The lowest BCUT2D eigenvalue weighted by molar-refractivity contribution is 0.112. The molecule has 2 rings (SSSR count). The van der Waals surface area contributed by atoms with Crippen LogP contribution in [0, 0.1) is 3.57 Å². The molecule has 2 N–H and O–H groups in total. The van der Waals surface area contributed by atoms with E-state index in [0.717, 1.165) is 30.5 Å². The number of hydrogen-bond acceptors (Lipinski definition) is 3. The highest BCUT2D eigenvalue weighted by molar-refractivity contribution is 14.1. The third-order valence-corrected chi connectivity index (χ3v) is 3.85. The summed E-state index contributed by atoms with van der Waals surface area (Å²) in [6.07, 6.45) is 0.861. The van der Waals surface area contributed by atoms with Gasteiger partial charge in [0.1, 0.15) is 0 Å². The summed E-state index contributed by atoms with van der Waals surface area (Å²) in [6, 6.07) is 5.71. The summed E-state index contributed by atoms with van der Waals surface area (Å²) in [5, 5.41) is 1.08. The highest BCUT2D eigenvalue weighted by Gasteiger charge is 2.06. The number of fused-ring (bicyclic) bond motifs is 1. The van der Waals surface area contributed by atoms with Crippen LogP contribution in [0.3, 0.4) is 0 Å². The van der Waals surface area contributed by atoms with Crippen LogP contribution in [0.2, 0.25) is 0 Å². The number of nitrogens with two attached hydrogens (primary N) is 1. The number of aldehydes is 1. The van der Waals surface area contributed by atoms with Gasteiger partial charge in [0.2, 0.25) is 0 Å². The zero-order valence-corrected chi connectivity index (χ0v) is 9.56. The molecule has 0 atom stereocenters. The first-order chi connectivity index (χ1) is 6.22. The van der Waals surface area contributed by atoms with Gasteiger partial charge in [0.05, 0.1) is 9.58 Å². The average Bonchev–Trinajstić information content (AvgIpc) is 2.56. The summed E-state index contributed by atoms with van der Waals surface area (Å²) in [6.45, 7) is 0. The number of carbonyl (C=O) groups excluding carboxylic acids is 1. The Morgan fingerprint density at radius 3 is 2.85 bits per heavy atom. The van der Waals surface area contributed by atoms with E-state index in [2.05, 4.69) is 22.6 Å². The van der Waals surface area contributed by atoms with Crippen LogP contribution in [-0.2, 0) is 0 Å². The van der Waals surface area contributed by atoms with Crippen molar-refractivity contribution in [3.63, 3.8) is 0 Å². The van der Waals surface area contributed by atoms with E-state index in [1.54, 1.807) is 0 Å². The molecule has 0 saturated carbocycles. The van der Waals surface area contributed by atoms with Crippen molar-refractivity contribution in [1.29, 1.82) is 0 Å². The number of carbonyl (C=O) groups is 1. The summed E-state index contributed by atoms with van der Waals surface area (Å²) in [4.78, 5) is 11.3. The molecule has 0 unspecified atom stereocenters. The van der Waals surface area contributed by atoms with E-state index >= 15 is 0 Å². The first-order valence-corrected chi connectivity index (χ1v) is 5.54. The normalized spacial score (nSPS) is 10.5. The van der Waals surface area contributed by atoms with Gasteiger partial charge in [0.25, 0.3) is 0 Å². The molecule has 0 bridgehead atoms. The molecule has 0 aliphatic rings. The molecule has 2 aromatic rings. The van der Waals surface area contributed by atoms with Gasteiger partial charge in [-0.15, -0.1) is 11.3 Å². The third-order valence-electron chi connectivity index (χ3n) is 1.80. The third kappa shape index (κ3) is 1.44. The topological polar surface area (TPSA) is 43.1 Å². The van der Waals surface area contributed by atoms with Crippen molar-refractivity contribution in [2.75, 3.05) is 5.73 Å². The first kappa shape index (κ1) is 8.96.